The van der Waals surface area contributed by atoms with Gasteiger partial charge in [0.15, 0.2) is 0 Å². The molecule has 1 fully saturated rings. The van der Waals surface area contributed by atoms with E-state index < -0.39 is 0 Å². The molecule has 0 aliphatic carbocycles. The number of nitrogens with zero attached hydrogens (tertiary/aromatic N) is 2. The summed E-state index contributed by atoms with van der Waals surface area (Å²) in [5.74, 6) is 7.44. The lowest BCUT2D eigenvalue weighted by molar-refractivity contribution is 0.186. The zero-order chi connectivity index (χ0) is 16.4. The zero-order valence-electron chi connectivity index (χ0n) is 14.1. The first-order chi connectivity index (χ1) is 11.8. The molecular weight excluding hydrogens is 314 g/mol. The van der Waals surface area contributed by atoms with Crippen molar-refractivity contribution in [2.24, 2.45) is 10.9 Å². The minimum atomic E-state index is 0.879. The van der Waals surface area contributed by atoms with E-state index in [2.05, 4.69) is 57.9 Å². The Morgan fingerprint density at radius 1 is 1.29 bits per heavy atom. The summed E-state index contributed by atoms with van der Waals surface area (Å²) < 4.78 is 0. The maximum absolute atomic E-state index is 4.49. The lowest BCUT2D eigenvalue weighted by Crippen LogP contribution is -2.32. The van der Waals surface area contributed by atoms with E-state index in [0.29, 0.717) is 0 Å². The summed E-state index contributed by atoms with van der Waals surface area (Å²) in [6.45, 7) is 6.77. The maximum Gasteiger partial charge on any atom is 0.132 e. The molecule has 3 nitrogen and oxygen atoms in total. The lowest BCUT2D eigenvalue weighted by atomic mass is 9.99. The Morgan fingerprint density at radius 3 is 3.00 bits per heavy atom. The molecule has 0 spiro atoms. The van der Waals surface area contributed by atoms with Crippen LogP contribution < -0.4 is 10.7 Å². The van der Waals surface area contributed by atoms with Crippen molar-refractivity contribution in [1.82, 2.24) is 9.88 Å². The predicted octanol–water partition coefficient (Wildman–Crippen LogP) is 2.51. The Hall–Kier alpha value is -1.83. The topological polar surface area (TPSA) is 31.4 Å². The van der Waals surface area contributed by atoms with Crippen LogP contribution >= 0.6 is 11.3 Å². The van der Waals surface area contributed by atoms with Crippen molar-refractivity contribution in [3.05, 3.63) is 44.4 Å². The van der Waals surface area contributed by atoms with Gasteiger partial charge in [0.1, 0.15) is 5.49 Å². The van der Waals surface area contributed by atoms with Crippen molar-refractivity contribution in [3.8, 4) is 11.8 Å². The fourth-order valence-electron chi connectivity index (χ4n) is 3.31. The molecule has 4 rings (SSSR count). The first-order valence-corrected chi connectivity index (χ1v) is 9.65. The molecule has 0 atom stereocenters. The molecule has 2 aliphatic rings. The summed E-state index contributed by atoms with van der Waals surface area (Å²) in [5.41, 5.74) is 1.94. The van der Waals surface area contributed by atoms with E-state index >= 15 is 0 Å². The summed E-state index contributed by atoms with van der Waals surface area (Å²) in [4.78, 5) is 12.9. The highest BCUT2D eigenvalue weighted by atomic mass is 32.1. The fourth-order valence-corrected chi connectivity index (χ4v) is 4.21. The van der Waals surface area contributed by atoms with Crippen LogP contribution in [0.4, 0.5) is 0 Å². The van der Waals surface area contributed by atoms with Gasteiger partial charge in [-0.1, -0.05) is 13.0 Å². The number of likely N-dealkylation sites (tertiary alicyclic amines) is 1. The van der Waals surface area contributed by atoms with Crippen LogP contribution in [0.1, 0.15) is 41.6 Å². The Balaban J connectivity index is 1.43. The van der Waals surface area contributed by atoms with Gasteiger partial charge in [0, 0.05) is 23.2 Å². The number of fused-ring (bicyclic) bond motifs is 1. The highest BCUT2D eigenvalue weighted by Gasteiger charge is 2.16. The van der Waals surface area contributed by atoms with Crippen molar-refractivity contribution >= 4 is 17.4 Å². The standard InChI is InChI=1S/C20H23N3S/c1-15-8-11-23(12-9-15)14-19-7-6-18(24-19)5-4-17-13-16-3-2-10-21-20(16)22-17/h3,6-7,13,15H,2,8-12,14H2,1H3,(H,21,22). The third-order valence-electron chi connectivity index (χ3n) is 4.83. The maximum atomic E-state index is 4.49. The third-order valence-corrected chi connectivity index (χ3v) is 5.81. The molecule has 24 heavy (non-hydrogen) atoms. The van der Waals surface area contributed by atoms with Crippen LogP contribution in [0.15, 0.2) is 23.2 Å². The van der Waals surface area contributed by atoms with Crippen molar-refractivity contribution in [2.75, 3.05) is 19.6 Å². The first-order valence-electron chi connectivity index (χ1n) is 8.83. The number of thiophene rings is 1. The van der Waals surface area contributed by atoms with Crippen molar-refractivity contribution < 1.29 is 0 Å². The monoisotopic (exact) mass is 337 g/mol. The molecule has 4 heterocycles. The van der Waals surface area contributed by atoms with Gasteiger partial charge >= 0.3 is 0 Å². The molecular formula is C20H23N3S. The van der Waals surface area contributed by atoms with Crippen molar-refractivity contribution in [1.29, 1.82) is 0 Å². The molecule has 1 N–H and O–H groups in total. The number of hydrogen-bond donors (Lipinski definition) is 1. The van der Waals surface area contributed by atoms with E-state index in [9.17, 15) is 0 Å². The van der Waals surface area contributed by atoms with E-state index in [1.54, 1.807) is 0 Å². The summed E-state index contributed by atoms with van der Waals surface area (Å²) in [6, 6.07) is 6.49. The number of piperidine rings is 1. The average Bonchev–Trinajstić information content (AvgIpc) is 3.21. The van der Waals surface area contributed by atoms with Crippen LogP contribution in [0, 0.1) is 17.8 Å². The number of aromatic amines is 1. The van der Waals surface area contributed by atoms with Crippen molar-refractivity contribution in [3.63, 3.8) is 0 Å². The molecule has 0 saturated carbocycles. The normalized spacial score (nSPS) is 18.2. The largest absolute Gasteiger partial charge is 0.333 e. The number of nitrogens with one attached hydrogen (secondary N) is 1. The van der Waals surface area contributed by atoms with Crippen LogP contribution in [-0.4, -0.2) is 29.5 Å². The second-order valence-electron chi connectivity index (χ2n) is 6.84. The third kappa shape index (κ3) is 3.63. The van der Waals surface area contributed by atoms with E-state index in [4.69, 9.17) is 0 Å². The van der Waals surface area contributed by atoms with Crippen LogP contribution in [0.2, 0.25) is 0 Å². The summed E-state index contributed by atoms with van der Waals surface area (Å²) in [5, 5.41) is 1.19. The molecule has 4 heteroatoms. The number of rotatable bonds is 2. The Morgan fingerprint density at radius 2 is 2.17 bits per heavy atom. The molecule has 124 valence electrons. The van der Waals surface area contributed by atoms with E-state index in [0.717, 1.165) is 41.5 Å². The van der Waals surface area contributed by atoms with Gasteiger partial charge in [-0.2, -0.15) is 0 Å². The minimum absolute atomic E-state index is 0.879. The average molecular weight is 337 g/mol. The van der Waals surface area contributed by atoms with E-state index in [1.807, 2.05) is 11.3 Å². The van der Waals surface area contributed by atoms with Gasteiger partial charge in [0.25, 0.3) is 0 Å². The number of hydrogen-bond acceptors (Lipinski definition) is 3. The van der Waals surface area contributed by atoms with Gasteiger partial charge in [0.2, 0.25) is 0 Å². The molecule has 0 amide bonds. The van der Waals surface area contributed by atoms with Gasteiger partial charge in [0.05, 0.1) is 10.6 Å². The van der Waals surface area contributed by atoms with Crippen LogP contribution in [-0.2, 0) is 6.54 Å². The Bertz CT molecular complexity index is 852. The van der Waals surface area contributed by atoms with Crippen LogP contribution in [0.25, 0.3) is 6.08 Å². The smallest absolute Gasteiger partial charge is 0.132 e. The molecule has 2 aliphatic heterocycles. The molecule has 0 unspecified atom stereocenters. The number of aromatic nitrogens is 1. The van der Waals surface area contributed by atoms with E-state index in [1.165, 1.54) is 36.0 Å². The summed E-state index contributed by atoms with van der Waals surface area (Å²) >= 11 is 1.82. The summed E-state index contributed by atoms with van der Waals surface area (Å²) in [6.07, 6.45) is 5.92. The van der Waals surface area contributed by atoms with Gasteiger partial charge < -0.3 is 4.98 Å². The van der Waals surface area contributed by atoms with Gasteiger partial charge in [-0.25, -0.2) is 0 Å². The molecule has 2 aromatic rings. The lowest BCUT2D eigenvalue weighted by Gasteiger charge is -2.29. The zero-order valence-corrected chi connectivity index (χ0v) is 15.0. The Kier molecular flexibility index (Phi) is 4.55. The SMILES string of the molecule is CC1CCN(Cc2ccc(C#Cc3cc4c([nH]3)=NCCC=4)s2)CC1. The minimum Gasteiger partial charge on any atom is -0.333 e. The van der Waals surface area contributed by atoms with E-state index in [-0.39, 0.29) is 0 Å². The predicted molar refractivity (Wildman–Crippen MR) is 99.5 cm³/mol. The highest BCUT2D eigenvalue weighted by Crippen LogP contribution is 2.22. The summed E-state index contributed by atoms with van der Waals surface area (Å²) in [7, 11) is 0. The quantitative estimate of drug-likeness (QED) is 0.839. The molecule has 0 aromatic carbocycles. The fraction of sp³-hybridized carbons (Fsp3) is 0.450. The Labute approximate surface area is 147 Å². The van der Waals surface area contributed by atoms with Crippen molar-refractivity contribution in [2.45, 2.75) is 32.7 Å². The highest BCUT2D eigenvalue weighted by molar-refractivity contribution is 7.12. The first kappa shape index (κ1) is 15.7. The molecule has 1 saturated heterocycles. The second kappa shape index (κ2) is 6.96. The van der Waals surface area contributed by atoms with Crippen LogP contribution in [0.5, 0.6) is 0 Å². The van der Waals surface area contributed by atoms with Gasteiger partial charge in [-0.05, 0) is 68.3 Å². The van der Waals surface area contributed by atoms with Gasteiger partial charge in [-0.15, -0.1) is 11.3 Å². The van der Waals surface area contributed by atoms with Crippen LogP contribution in [0.3, 0.4) is 0 Å². The molecule has 0 radical (unpaired) electrons. The molecule has 2 aromatic heterocycles. The second-order valence-corrected chi connectivity index (χ2v) is 8.00. The molecule has 0 bridgehead atoms. The van der Waals surface area contributed by atoms with Gasteiger partial charge in [-0.3, -0.25) is 9.89 Å². The number of H-pyrrole nitrogens is 1.